The van der Waals surface area contributed by atoms with Crippen molar-refractivity contribution < 1.29 is 0 Å². The molecule has 0 aliphatic heterocycles. The first-order valence-corrected chi connectivity index (χ1v) is 8.12. The second kappa shape index (κ2) is 6.01. The van der Waals surface area contributed by atoms with Gasteiger partial charge >= 0.3 is 0 Å². The number of aromatic nitrogens is 2. The Balaban J connectivity index is 2.62. The fourth-order valence-corrected chi connectivity index (χ4v) is 3.31. The zero-order valence-electron chi connectivity index (χ0n) is 11.6. The minimum atomic E-state index is 0.314. The van der Waals surface area contributed by atoms with Crippen LogP contribution in [0.4, 0.5) is 5.82 Å². The van der Waals surface area contributed by atoms with Crippen LogP contribution in [-0.2, 0) is 0 Å². The average Bonchev–Trinajstić information content (AvgIpc) is 2.78. The molecule has 0 saturated carbocycles. The molecule has 2 aromatic heterocycles. The third-order valence-corrected chi connectivity index (χ3v) is 4.60. The number of nitrogens with one attached hydrogen (secondary N) is 1. The Bertz CT molecular complexity index is 578. The predicted molar refractivity (Wildman–Crippen MR) is 86.0 cm³/mol. The topological polar surface area (TPSA) is 37.8 Å². The highest BCUT2D eigenvalue weighted by atomic mass is 79.9. The fourth-order valence-electron chi connectivity index (χ4n) is 1.84. The van der Waals surface area contributed by atoms with E-state index in [4.69, 9.17) is 4.98 Å². The van der Waals surface area contributed by atoms with Crippen molar-refractivity contribution in [1.82, 2.24) is 9.97 Å². The van der Waals surface area contributed by atoms with E-state index in [0.717, 1.165) is 39.5 Å². The van der Waals surface area contributed by atoms with Gasteiger partial charge in [-0.2, -0.15) is 11.3 Å². The van der Waals surface area contributed by atoms with E-state index in [1.54, 1.807) is 11.3 Å². The van der Waals surface area contributed by atoms with E-state index in [0.29, 0.717) is 5.92 Å². The van der Waals surface area contributed by atoms with Gasteiger partial charge in [0.05, 0.1) is 5.69 Å². The maximum Gasteiger partial charge on any atom is 0.133 e. The van der Waals surface area contributed by atoms with Crippen molar-refractivity contribution in [3.05, 3.63) is 26.6 Å². The second-order valence-electron chi connectivity index (χ2n) is 4.72. The molecule has 0 atom stereocenters. The van der Waals surface area contributed by atoms with E-state index in [1.165, 1.54) is 0 Å². The maximum absolute atomic E-state index is 4.74. The third-order valence-electron chi connectivity index (χ3n) is 2.89. The number of hydrogen-bond donors (Lipinski definition) is 1. The average molecular weight is 340 g/mol. The summed E-state index contributed by atoms with van der Waals surface area (Å²) in [4.78, 5) is 9.37. The van der Waals surface area contributed by atoms with Gasteiger partial charge in [-0.05, 0) is 29.8 Å². The Kier molecular flexibility index (Phi) is 4.58. The van der Waals surface area contributed by atoms with Crippen LogP contribution in [0.5, 0.6) is 0 Å². The number of thiophene rings is 1. The van der Waals surface area contributed by atoms with Crippen LogP contribution in [0.2, 0.25) is 0 Å². The minimum absolute atomic E-state index is 0.314. The number of halogens is 1. The van der Waals surface area contributed by atoms with Gasteiger partial charge in [-0.1, -0.05) is 13.8 Å². The highest BCUT2D eigenvalue weighted by Gasteiger charge is 2.16. The molecule has 5 heteroatoms. The van der Waals surface area contributed by atoms with Crippen molar-refractivity contribution in [3.63, 3.8) is 0 Å². The van der Waals surface area contributed by atoms with Gasteiger partial charge < -0.3 is 5.32 Å². The number of anilines is 1. The molecule has 0 aliphatic carbocycles. The van der Waals surface area contributed by atoms with Gasteiger partial charge in [-0.3, -0.25) is 0 Å². The summed E-state index contributed by atoms with van der Waals surface area (Å²) >= 11 is 5.27. The molecular weight excluding hydrogens is 322 g/mol. The van der Waals surface area contributed by atoms with Gasteiger partial charge in [-0.25, -0.2) is 9.97 Å². The van der Waals surface area contributed by atoms with Gasteiger partial charge in [-0.15, -0.1) is 0 Å². The largest absolute Gasteiger partial charge is 0.370 e. The summed E-state index contributed by atoms with van der Waals surface area (Å²) < 4.78 is 1.09. The SMILES string of the molecule is CCNc1nc(C(C)C)nc(-c2cscc2Br)c1C. The maximum atomic E-state index is 4.74. The van der Waals surface area contributed by atoms with E-state index >= 15 is 0 Å². The van der Waals surface area contributed by atoms with E-state index in [2.05, 4.69) is 64.7 Å². The fraction of sp³-hybridized carbons (Fsp3) is 0.429. The van der Waals surface area contributed by atoms with E-state index in [9.17, 15) is 0 Å². The molecule has 0 saturated heterocycles. The van der Waals surface area contributed by atoms with Gasteiger partial charge in [0.1, 0.15) is 11.6 Å². The first kappa shape index (κ1) is 14.5. The van der Waals surface area contributed by atoms with Gasteiger partial charge in [0.15, 0.2) is 0 Å². The first-order valence-electron chi connectivity index (χ1n) is 6.39. The lowest BCUT2D eigenvalue weighted by Gasteiger charge is -2.14. The van der Waals surface area contributed by atoms with Crippen LogP contribution in [0.15, 0.2) is 15.2 Å². The Labute approximate surface area is 126 Å². The van der Waals surface area contributed by atoms with Crippen LogP contribution in [0.3, 0.4) is 0 Å². The van der Waals surface area contributed by atoms with Crippen LogP contribution in [0.25, 0.3) is 11.3 Å². The van der Waals surface area contributed by atoms with Gasteiger partial charge in [0.25, 0.3) is 0 Å². The molecule has 2 aromatic rings. The Morgan fingerprint density at radius 1 is 1.32 bits per heavy atom. The molecule has 0 radical (unpaired) electrons. The summed E-state index contributed by atoms with van der Waals surface area (Å²) in [6.07, 6.45) is 0. The number of nitrogens with zero attached hydrogens (tertiary/aromatic N) is 2. The smallest absolute Gasteiger partial charge is 0.133 e. The summed E-state index contributed by atoms with van der Waals surface area (Å²) in [5.74, 6) is 2.14. The van der Waals surface area contributed by atoms with Gasteiger partial charge in [0.2, 0.25) is 0 Å². The summed E-state index contributed by atoms with van der Waals surface area (Å²) in [6.45, 7) is 9.25. The van der Waals surface area contributed by atoms with Crippen LogP contribution in [-0.4, -0.2) is 16.5 Å². The molecule has 102 valence electrons. The normalized spacial score (nSPS) is 11.1. The molecule has 0 amide bonds. The molecule has 1 N–H and O–H groups in total. The predicted octanol–water partition coefficient (Wildman–Crippen LogP) is 4.83. The van der Waals surface area contributed by atoms with Crippen molar-refractivity contribution in [2.75, 3.05) is 11.9 Å². The van der Waals surface area contributed by atoms with Crippen LogP contribution < -0.4 is 5.32 Å². The van der Waals surface area contributed by atoms with Crippen LogP contribution in [0, 0.1) is 6.92 Å². The highest BCUT2D eigenvalue weighted by molar-refractivity contribution is 9.10. The van der Waals surface area contributed by atoms with Crippen molar-refractivity contribution in [2.45, 2.75) is 33.6 Å². The van der Waals surface area contributed by atoms with Gasteiger partial charge in [0, 0.05) is 38.8 Å². The zero-order valence-corrected chi connectivity index (χ0v) is 14.0. The molecule has 0 aliphatic rings. The quantitative estimate of drug-likeness (QED) is 0.866. The molecule has 0 fully saturated rings. The molecule has 19 heavy (non-hydrogen) atoms. The molecule has 0 unspecified atom stereocenters. The lowest BCUT2D eigenvalue weighted by atomic mass is 10.1. The van der Waals surface area contributed by atoms with Crippen molar-refractivity contribution in [1.29, 1.82) is 0 Å². The lowest BCUT2D eigenvalue weighted by Crippen LogP contribution is -2.08. The molecule has 0 bridgehead atoms. The summed E-state index contributed by atoms with van der Waals surface area (Å²) in [7, 11) is 0. The Morgan fingerprint density at radius 2 is 2.05 bits per heavy atom. The molecule has 2 rings (SSSR count). The number of rotatable bonds is 4. The molecule has 3 nitrogen and oxygen atoms in total. The van der Waals surface area contributed by atoms with Crippen LogP contribution >= 0.6 is 27.3 Å². The van der Waals surface area contributed by atoms with Crippen molar-refractivity contribution >= 4 is 33.1 Å². The molecule has 0 aromatic carbocycles. The van der Waals surface area contributed by atoms with E-state index in [-0.39, 0.29) is 0 Å². The van der Waals surface area contributed by atoms with Crippen LogP contribution in [0.1, 0.15) is 38.1 Å². The molecular formula is C14H18BrN3S. The van der Waals surface area contributed by atoms with E-state index in [1.807, 2.05) is 0 Å². The lowest BCUT2D eigenvalue weighted by molar-refractivity contribution is 0.774. The van der Waals surface area contributed by atoms with Crippen molar-refractivity contribution in [2.24, 2.45) is 0 Å². The molecule has 2 heterocycles. The summed E-state index contributed by atoms with van der Waals surface area (Å²) in [5.41, 5.74) is 3.26. The zero-order chi connectivity index (χ0) is 14.0. The number of hydrogen-bond acceptors (Lipinski definition) is 4. The molecule has 0 spiro atoms. The van der Waals surface area contributed by atoms with E-state index < -0.39 is 0 Å². The monoisotopic (exact) mass is 339 g/mol. The summed E-state index contributed by atoms with van der Waals surface area (Å²) in [5, 5.41) is 7.54. The minimum Gasteiger partial charge on any atom is -0.370 e. The van der Waals surface area contributed by atoms with Crippen molar-refractivity contribution in [3.8, 4) is 11.3 Å². The Morgan fingerprint density at radius 3 is 2.58 bits per heavy atom. The first-order chi connectivity index (χ1) is 9.04. The standard InChI is InChI=1S/C14H18BrN3S/c1-5-16-14-9(4)12(10-6-19-7-11(10)15)17-13(18-14)8(2)3/h6-8H,5H2,1-4H3,(H,16,17,18). The second-order valence-corrected chi connectivity index (χ2v) is 6.32. The summed E-state index contributed by atoms with van der Waals surface area (Å²) in [6, 6.07) is 0. The third kappa shape index (κ3) is 2.98. The Hall–Kier alpha value is -0.940. The highest BCUT2D eigenvalue weighted by Crippen LogP contribution is 2.34.